The summed E-state index contributed by atoms with van der Waals surface area (Å²) in [5, 5.41) is 14.8. The molecule has 144 valence electrons. The Bertz CT molecular complexity index is 1060. The summed E-state index contributed by atoms with van der Waals surface area (Å²) in [6, 6.07) is 12.7. The van der Waals surface area contributed by atoms with Gasteiger partial charge in [0.15, 0.2) is 0 Å². The maximum Gasteiger partial charge on any atom is 0.269 e. The number of hydrogen-bond donors (Lipinski definition) is 0. The molecule has 0 radical (unpaired) electrons. The average molecular weight is 402 g/mol. The summed E-state index contributed by atoms with van der Waals surface area (Å²) >= 11 is 5.89. The van der Waals surface area contributed by atoms with Gasteiger partial charge in [0.05, 0.1) is 16.2 Å². The second-order valence-corrected chi connectivity index (χ2v) is 6.60. The number of non-ortho nitro benzene ring substituents is 1. The van der Waals surface area contributed by atoms with Crippen LogP contribution in [0.15, 0.2) is 53.7 Å². The Morgan fingerprint density at radius 1 is 1.25 bits per heavy atom. The lowest BCUT2D eigenvalue weighted by molar-refractivity contribution is -0.384. The standard InChI is InChI=1S/C20H17ClFN3O3/c1-13-8-16(14(2)24(13)17-6-7-20(22)19(21)10-17)11-23-28-12-15-4-3-5-18(9-15)25(26)27/h3-11H,12H2,1-2H3/b23-11-. The SMILES string of the molecule is Cc1cc(/C=N\OCc2cccc([N+](=O)[O-])c2)c(C)n1-c1ccc(F)c(Cl)c1. The summed E-state index contributed by atoms with van der Waals surface area (Å²) < 4.78 is 15.4. The molecule has 0 N–H and O–H groups in total. The zero-order valence-electron chi connectivity index (χ0n) is 15.2. The van der Waals surface area contributed by atoms with E-state index in [-0.39, 0.29) is 17.3 Å². The van der Waals surface area contributed by atoms with Crippen LogP contribution < -0.4 is 0 Å². The molecule has 0 atom stereocenters. The second kappa shape index (κ2) is 8.22. The number of nitro benzene ring substituents is 1. The van der Waals surface area contributed by atoms with Crippen LogP contribution in [0.1, 0.15) is 22.5 Å². The van der Waals surface area contributed by atoms with Crippen molar-refractivity contribution in [1.82, 2.24) is 4.57 Å². The van der Waals surface area contributed by atoms with E-state index in [9.17, 15) is 14.5 Å². The molecule has 3 rings (SSSR count). The molecule has 0 amide bonds. The molecule has 0 bridgehead atoms. The van der Waals surface area contributed by atoms with E-state index in [2.05, 4.69) is 5.16 Å². The van der Waals surface area contributed by atoms with Gasteiger partial charge in [0, 0.05) is 34.8 Å². The van der Waals surface area contributed by atoms with Gasteiger partial charge in [-0.1, -0.05) is 28.9 Å². The lowest BCUT2D eigenvalue weighted by atomic mass is 10.2. The fourth-order valence-electron chi connectivity index (χ4n) is 2.91. The third-order valence-electron chi connectivity index (χ3n) is 4.25. The van der Waals surface area contributed by atoms with Gasteiger partial charge >= 0.3 is 0 Å². The van der Waals surface area contributed by atoms with Crippen molar-refractivity contribution in [3.63, 3.8) is 0 Å². The number of oxime groups is 1. The largest absolute Gasteiger partial charge is 0.391 e. The summed E-state index contributed by atoms with van der Waals surface area (Å²) in [7, 11) is 0. The molecule has 0 aliphatic rings. The zero-order valence-corrected chi connectivity index (χ0v) is 16.0. The van der Waals surface area contributed by atoms with Crippen molar-refractivity contribution >= 4 is 23.5 Å². The van der Waals surface area contributed by atoms with Crippen LogP contribution in [0.4, 0.5) is 10.1 Å². The third kappa shape index (κ3) is 4.20. The molecule has 0 saturated carbocycles. The van der Waals surface area contributed by atoms with E-state index in [4.69, 9.17) is 16.4 Å². The average Bonchev–Trinajstić information content (AvgIpc) is 2.95. The van der Waals surface area contributed by atoms with Gasteiger partial charge < -0.3 is 9.40 Å². The van der Waals surface area contributed by atoms with Crippen LogP contribution in [0.3, 0.4) is 0 Å². The minimum atomic E-state index is -0.468. The molecule has 8 heteroatoms. The number of benzene rings is 2. The van der Waals surface area contributed by atoms with Gasteiger partial charge in [0.2, 0.25) is 0 Å². The molecule has 1 aromatic heterocycles. The first-order chi connectivity index (χ1) is 13.4. The molecule has 0 aliphatic carbocycles. The first-order valence-corrected chi connectivity index (χ1v) is 8.77. The van der Waals surface area contributed by atoms with Crippen LogP contribution in [-0.2, 0) is 11.4 Å². The third-order valence-corrected chi connectivity index (χ3v) is 4.54. The van der Waals surface area contributed by atoms with Crippen LogP contribution in [-0.4, -0.2) is 15.7 Å². The summed E-state index contributed by atoms with van der Waals surface area (Å²) in [4.78, 5) is 15.6. The van der Waals surface area contributed by atoms with Gasteiger partial charge in [0.1, 0.15) is 12.4 Å². The Balaban J connectivity index is 1.74. The zero-order chi connectivity index (χ0) is 20.3. The highest BCUT2D eigenvalue weighted by atomic mass is 35.5. The minimum Gasteiger partial charge on any atom is -0.391 e. The van der Waals surface area contributed by atoms with E-state index in [1.165, 1.54) is 18.2 Å². The molecule has 0 saturated heterocycles. The molecule has 6 nitrogen and oxygen atoms in total. The number of nitrogens with zero attached hydrogens (tertiary/aromatic N) is 3. The first-order valence-electron chi connectivity index (χ1n) is 8.40. The van der Waals surface area contributed by atoms with E-state index in [1.54, 1.807) is 30.5 Å². The lowest BCUT2D eigenvalue weighted by Gasteiger charge is -2.10. The molecule has 3 aromatic rings. The number of aromatic nitrogens is 1. The topological polar surface area (TPSA) is 69.7 Å². The molecule has 0 unspecified atom stereocenters. The molecule has 28 heavy (non-hydrogen) atoms. The summed E-state index contributed by atoms with van der Waals surface area (Å²) in [6.45, 7) is 3.95. The molecule has 0 fully saturated rings. The first kappa shape index (κ1) is 19.6. The highest BCUT2D eigenvalue weighted by Gasteiger charge is 2.11. The number of aryl methyl sites for hydroxylation is 1. The summed E-state index contributed by atoms with van der Waals surface area (Å²) in [5.74, 6) is -0.468. The maximum atomic E-state index is 13.4. The summed E-state index contributed by atoms with van der Waals surface area (Å²) in [5.41, 5.74) is 4.06. The number of halogens is 2. The summed E-state index contributed by atoms with van der Waals surface area (Å²) in [6.07, 6.45) is 1.57. The Morgan fingerprint density at radius 3 is 2.75 bits per heavy atom. The fraction of sp³-hybridized carbons (Fsp3) is 0.150. The molecule has 0 aliphatic heterocycles. The number of hydrogen-bond acceptors (Lipinski definition) is 4. The highest BCUT2D eigenvalue weighted by Crippen LogP contribution is 2.24. The predicted octanol–water partition coefficient (Wildman–Crippen LogP) is 5.35. The minimum absolute atomic E-state index is 0.00610. The van der Waals surface area contributed by atoms with Crippen molar-refractivity contribution in [2.75, 3.05) is 0 Å². The van der Waals surface area contributed by atoms with Gasteiger partial charge in [-0.15, -0.1) is 0 Å². The van der Waals surface area contributed by atoms with E-state index in [0.29, 0.717) is 5.56 Å². The lowest BCUT2D eigenvalue weighted by Crippen LogP contribution is -2.00. The quantitative estimate of drug-likeness (QED) is 0.318. The maximum absolute atomic E-state index is 13.4. The normalized spacial score (nSPS) is 11.1. The molecule has 0 spiro atoms. The van der Waals surface area contributed by atoms with Crippen LogP contribution in [0.25, 0.3) is 5.69 Å². The Hall–Kier alpha value is -3.19. The van der Waals surface area contributed by atoms with E-state index < -0.39 is 10.7 Å². The van der Waals surface area contributed by atoms with E-state index >= 15 is 0 Å². The highest BCUT2D eigenvalue weighted by molar-refractivity contribution is 6.30. The van der Waals surface area contributed by atoms with E-state index in [1.807, 2.05) is 24.5 Å². The van der Waals surface area contributed by atoms with Crippen molar-refractivity contribution in [3.8, 4) is 5.69 Å². The Morgan fingerprint density at radius 2 is 2.04 bits per heavy atom. The van der Waals surface area contributed by atoms with Gasteiger partial charge in [0.25, 0.3) is 5.69 Å². The van der Waals surface area contributed by atoms with Gasteiger partial charge in [-0.25, -0.2) is 4.39 Å². The van der Waals surface area contributed by atoms with Crippen molar-refractivity contribution in [3.05, 3.63) is 92.0 Å². The Kier molecular flexibility index (Phi) is 5.75. The Labute approximate surface area is 166 Å². The van der Waals surface area contributed by atoms with Crippen molar-refractivity contribution in [2.45, 2.75) is 20.5 Å². The van der Waals surface area contributed by atoms with Crippen molar-refractivity contribution in [2.24, 2.45) is 5.16 Å². The molecule has 2 aromatic carbocycles. The van der Waals surface area contributed by atoms with Gasteiger partial charge in [-0.3, -0.25) is 10.1 Å². The van der Waals surface area contributed by atoms with Crippen LogP contribution >= 0.6 is 11.6 Å². The molecular formula is C20H17ClFN3O3. The van der Waals surface area contributed by atoms with Crippen LogP contribution in [0.2, 0.25) is 5.02 Å². The predicted molar refractivity (Wildman–Crippen MR) is 106 cm³/mol. The van der Waals surface area contributed by atoms with Crippen molar-refractivity contribution < 1.29 is 14.2 Å². The smallest absolute Gasteiger partial charge is 0.269 e. The second-order valence-electron chi connectivity index (χ2n) is 6.20. The number of nitro groups is 1. The monoisotopic (exact) mass is 401 g/mol. The van der Waals surface area contributed by atoms with Gasteiger partial charge in [-0.2, -0.15) is 0 Å². The van der Waals surface area contributed by atoms with Crippen LogP contribution in [0.5, 0.6) is 0 Å². The molecular weight excluding hydrogens is 385 g/mol. The van der Waals surface area contributed by atoms with Gasteiger partial charge in [-0.05, 0) is 43.7 Å². The molecule has 1 heterocycles. The van der Waals surface area contributed by atoms with Crippen molar-refractivity contribution in [1.29, 1.82) is 0 Å². The number of rotatable bonds is 6. The van der Waals surface area contributed by atoms with E-state index in [0.717, 1.165) is 22.6 Å². The fourth-order valence-corrected chi connectivity index (χ4v) is 3.08. The van der Waals surface area contributed by atoms with Crippen LogP contribution in [0, 0.1) is 29.8 Å².